The summed E-state index contributed by atoms with van der Waals surface area (Å²) in [5.41, 5.74) is 5.56. The average molecular weight is 427 g/mol. The van der Waals surface area contributed by atoms with Gasteiger partial charge in [0.2, 0.25) is 10.0 Å². The molecular weight excluding hydrogens is 412 g/mol. The van der Waals surface area contributed by atoms with Gasteiger partial charge >= 0.3 is 0 Å². The molecule has 10 heteroatoms. The number of nitrogens with one attached hydrogen (secondary N) is 3. The Morgan fingerprint density at radius 2 is 1.92 bits per heavy atom. The second-order valence-electron chi connectivity index (χ2n) is 5.43. The topological polar surface area (TPSA) is 111 Å². The third-order valence-corrected chi connectivity index (χ3v) is 6.00. The zero-order chi connectivity index (χ0) is 18.0. The van der Waals surface area contributed by atoms with Crippen LogP contribution in [0.15, 0.2) is 41.0 Å². The Labute approximate surface area is 152 Å². The van der Waals surface area contributed by atoms with Crippen LogP contribution >= 0.6 is 15.9 Å². The summed E-state index contributed by atoms with van der Waals surface area (Å²) in [4.78, 5) is 26.8. The van der Waals surface area contributed by atoms with E-state index in [2.05, 4.69) is 31.8 Å². The number of nitrogens with zero attached hydrogens (tertiary/aromatic N) is 1. The number of rotatable bonds is 3. The van der Waals surface area contributed by atoms with Crippen LogP contribution in [0.2, 0.25) is 0 Å². The predicted octanol–water partition coefficient (Wildman–Crippen LogP) is 1.39. The number of benzene rings is 1. The molecule has 0 aliphatic carbocycles. The molecule has 2 aromatic rings. The first kappa shape index (κ1) is 17.5. The predicted molar refractivity (Wildman–Crippen MR) is 95.6 cm³/mol. The number of halogens is 1. The largest absolute Gasteiger partial charge is 0.356 e. The lowest BCUT2D eigenvalue weighted by atomic mass is 10.2. The molecule has 1 aromatic heterocycles. The maximum absolute atomic E-state index is 12.2. The fourth-order valence-electron chi connectivity index (χ4n) is 2.48. The van der Waals surface area contributed by atoms with Crippen LogP contribution in [0, 0.1) is 0 Å². The van der Waals surface area contributed by atoms with Crippen LogP contribution in [0.1, 0.15) is 27.3 Å². The van der Waals surface area contributed by atoms with Crippen molar-refractivity contribution in [1.82, 2.24) is 15.8 Å². The molecule has 0 spiro atoms. The molecule has 1 saturated heterocycles. The smallest absolute Gasteiger partial charge is 0.286 e. The molecular formula is C15H15BrN4O4S. The first-order chi connectivity index (χ1) is 11.9. The lowest BCUT2D eigenvalue weighted by molar-refractivity contribution is 0.0844. The van der Waals surface area contributed by atoms with Gasteiger partial charge in [0, 0.05) is 22.8 Å². The summed E-state index contributed by atoms with van der Waals surface area (Å²) in [7, 11) is -3.32. The summed E-state index contributed by atoms with van der Waals surface area (Å²) in [6.45, 7) is 0.395. The summed E-state index contributed by atoms with van der Waals surface area (Å²) in [6.07, 6.45) is 2.15. The first-order valence-electron chi connectivity index (χ1n) is 7.42. The van der Waals surface area contributed by atoms with Crippen LogP contribution in [0.25, 0.3) is 0 Å². The fraction of sp³-hybridized carbons (Fsp3) is 0.200. The Hall–Kier alpha value is -2.33. The van der Waals surface area contributed by atoms with E-state index in [1.54, 1.807) is 30.5 Å². The Bertz CT molecular complexity index is 925. The van der Waals surface area contributed by atoms with E-state index in [0.29, 0.717) is 23.1 Å². The number of amides is 2. The number of anilines is 1. The maximum atomic E-state index is 12.2. The number of carbonyl (C=O) groups is 2. The lowest BCUT2D eigenvalue weighted by Gasteiger charge is -2.17. The van der Waals surface area contributed by atoms with E-state index in [1.807, 2.05) is 0 Å². The van der Waals surface area contributed by atoms with Crippen molar-refractivity contribution in [2.75, 3.05) is 16.6 Å². The molecule has 1 aromatic carbocycles. The zero-order valence-corrected chi connectivity index (χ0v) is 15.4. The molecule has 1 aliphatic heterocycles. The zero-order valence-electron chi connectivity index (χ0n) is 13.0. The minimum Gasteiger partial charge on any atom is -0.356 e. The van der Waals surface area contributed by atoms with Crippen molar-refractivity contribution in [1.29, 1.82) is 0 Å². The summed E-state index contributed by atoms with van der Waals surface area (Å²) >= 11 is 3.21. The third-order valence-electron chi connectivity index (χ3n) is 3.68. The maximum Gasteiger partial charge on any atom is 0.286 e. The van der Waals surface area contributed by atoms with Crippen molar-refractivity contribution >= 4 is 43.5 Å². The van der Waals surface area contributed by atoms with Gasteiger partial charge in [-0.05, 0) is 46.6 Å². The summed E-state index contributed by atoms with van der Waals surface area (Å²) in [5, 5.41) is 0. The first-order valence-corrected chi connectivity index (χ1v) is 9.82. The van der Waals surface area contributed by atoms with Crippen molar-refractivity contribution < 1.29 is 18.0 Å². The Morgan fingerprint density at radius 1 is 1.16 bits per heavy atom. The van der Waals surface area contributed by atoms with Gasteiger partial charge < -0.3 is 4.98 Å². The minimum absolute atomic E-state index is 0.102. The van der Waals surface area contributed by atoms with E-state index in [9.17, 15) is 18.0 Å². The number of hydrazine groups is 1. The van der Waals surface area contributed by atoms with Gasteiger partial charge in [-0.25, -0.2) is 8.42 Å². The van der Waals surface area contributed by atoms with Gasteiger partial charge in [0.15, 0.2) is 0 Å². The van der Waals surface area contributed by atoms with Crippen molar-refractivity contribution in [3.63, 3.8) is 0 Å². The SMILES string of the molecule is O=C(NNC(=O)c1cc(Br)c[nH]1)c1cccc(N2CCCS2(=O)=O)c1. The number of sulfonamides is 1. The molecule has 2 amide bonds. The van der Waals surface area contributed by atoms with Gasteiger partial charge in [-0.1, -0.05) is 6.07 Å². The van der Waals surface area contributed by atoms with Crippen molar-refractivity contribution in [3.05, 3.63) is 52.3 Å². The molecule has 1 aliphatic rings. The second kappa shape index (κ2) is 6.89. The molecule has 0 radical (unpaired) electrons. The van der Waals surface area contributed by atoms with Gasteiger partial charge in [0.25, 0.3) is 11.8 Å². The van der Waals surface area contributed by atoms with Crippen LogP contribution in [0.3, 0.4) is 0 Å². The van der Waals surface area contributed by atoms with Crippen LogP contribution < -0.4 is 15.2 Å². The molecule has 3 N–H and O–H groups in total. The monoisotopic (exact) mass is 426 g/mol. The molecule has 0 atom stereocenters. The second-order valence-corrected chi connectivity index (χ2v) is 8.36. The Balaban J connectivity index is 1.68. The van der Waals surface area contributed by atoms with E-state index in [-0.39, 0.29) is 17.0 Å². The molecule has 0 saturated carbocycles. The quantitative estimate of drug-likeness (QED) is 0.643. The normalized spacial score (nSPS) is 15.8. The highest BCUT2D eigenvalue weighted by Crippen LogP contribution is 2.24. The van der Waals surface area contributed by atoms with E-state index >= 15 is 0 Å². The molecule has 2 heterocycles. The van der Waals surface area contributed by atoms with Gasteiger partial charge in [-0.15, -0.1) is 0 Å². The van der Waals surface area contributed by atoms with Gasteiger partial charge in [-0.2, -0.15) is 0 Å². The van der Waals surface area contributed by atoms with E-state index in [1.165, 1.54) is 10.4 Å². The van der Waals surface area contributed by atoms with Crippen molar-refractivity contribution in [2.24, 2.45) is 0 Å². The van der Waals surface area contributed by atoms with E-state index in [4.69, 9.17) is 0 Å². The molecule has 8 nitrogen and oxygen atoms in total. The van der Waals surface area contributed by atoms with E-state index in [0.717, 1.165) is 0 Å². The van der Waals surface area contributed by atoms with Gasteiger partial charge in [0.1, 0.15) is 5.69 Å². The standard InChI is InChI=1S/C15H15BrN4O4S/c16-11-8-13(17-9-11)15(22)19-18-14(21)10-3-1-4-12(7-10)20-5-2-6-25(20,23)24/h1,3-4,7-9,17H,2,5-6H2,(H,18,21)(H,19,22). The highest BCUT2D eigenvalue weighted by atomic mass is 79.9. The molecule has 1 fully saturated rings. The van der Waals surface area contributed by atoms with Crippen LogP contribution in [0.5, 0.6) is 0 Å². The molecule has 0 bridgehead atoms. The van der Waals surface area contributed by atoms with Crippen molar-refractivity contribution in [3.8, 4) is 0 Å². The lowest BCUT2D eigenvalue weighted by Crippen LogP contribution is -2.41. The molecule has 25 heavy (non-hydrogen) atoms. The minimum atomic E-state index is -3.32. The highest BCUT2D eigenvalue weighted by molar-refractivity contribution is 9.10. The van der Waals surface area contributed by atoms with Crippen LogP contribution in [0.4, 0.5) is 5.69 Å². The Kier molecular flexibility index (Phi) is 4.82. The molecule has 132 valence electrons. The number of hydrogen-bond donors (Lipinski definition) is 3. The fourth-order valence-corrected chi connectivity index (χ4v) is 4.38. The third kappa shape index (κ3) is 3.85. The number of aromatic nitrogens is 1. The van der Waals surface area contributed by atoms with Gasteiger partial charge in [0.05, 0.1) is 11.4 Å². The average Bonchev–Trinajstić information content (AvgIpc) is 3.17. The van der Waals surface area contributed by atoms with Crippen molar-refractivity contribution in [2.45, 2.75) is 6.42 Å². The summed E-state index contributed by atoms with van der Waals surface area (Å²) in [5.74, 6) is -0.944. The molecule has 0 unspecified atom stereocenters. The number of aromatic amines is 1. The molecule has 3 rings (SSSR count). The Morgan fingerprint density at radius 3 is 2.56 bits per heavy atom. The number of H-pyrrole nitrogens is 1. The number of hydrogen-bond acceptors (Lipinski definition) is 4. The van der Waals surface area contributed by atoms with E-state index < -0.39 is 21.8 Å². The summed E-state index contributed by atoms with van der Waals surface area (Å²) in [6, 6.07) is 7.82. The summed E-state index contributed by atoms with van der Waals surface area (Å²) < 4.78 is 26.0. The van der Waals surface area contributed by atoms with Crippen LogP contribution in [-0.2, 0) is 10.0 Å². The number of carbonyl (C=O) groups excluding carboxylic acids is 2. The van der Waals surface area contributed by atoms with Gasteiger partial charge in [-0.3, -0.25) is 24.7 Å². The van der Waals surface area contributed by atoms with Crippen LogP contribution in [-0.4, -0.2) is 37.5 Å². The highest BCUT2D eigenvalue weighted by Gasteiger charge is 2.28.